The summed E-state index contributed by atoms with van der Waals surface area (Å²) < 4.78 is 5.15. The number of aliphatic imine (C=N–C) groups is 1. The molecule has 0 aromatic rings. The first kappa shape index (κ1) is 23.3. The zero-order valence-electron chi connectivity index (χ0n) is 14.0. The summed E-state index contributed by atoms with van der Waals surface area (Å²) in [6, 6.07) is -0.507. The van der Waals surface area contributed by atoms with Crippen LogP contribution in [0.3, 0.4) is 0 Å². The van der Waals surface area contributed by atoms with Crippen molar-refractivity contribution in [2.75, 3.05) is 18.1 Å². The Morgan fingerprint density at radius 3 is 2.32 bits per heavy atom. The first-order valence-electron chi connectivity index (χ1n) is 6.96. The number of carbonyl (C=O) groups excluding carboxylic acids is 2. The van der Waals surface area contributed by atoms with Gasteiger partial charge in [-0.1, -0.05) is 0 Å². The lowest BCUT2D eigenvalue weighted by Gasteiger charge is -2.22. The number of nitrogens with one attached hydrogen (secondary N) is 1. The van der Waals surface area contributed by atoms with Gasteiger partial charge in [0.05, 0.1) is 11.9 Å². The number of nitrogens with two attached hydrogens (primary N) is 1. The highest BCUT2D eigenvalue weighted by Gasteiger charge is 2.21. The number of alkyl carbamates (subject to hydrolysis) is 1. The SMILES string of the molecule is CC(=O)[C@H](CCSCCN=C(C)N)NC(=O)OC(C)(C)C.Cl. The predicted octanol–water partition coefficient (Wildman–Crippen LogP) is 2.39. The Kier molecular flexibility index (Phi) is 12.3. The summed E-state index contributed by atoms with van der Waals surface area (Å²) in [4.78, 5) is 27.3. The lowest BCUT2D eigenvalue weighted by atomic mass is 10.1. The molecule has 0 rings (SSSR count). The number of amidine groups is 1. The third kappa shape index (κ3) is 14.0. The molecule has 0 aromatic heterocycles. The quantitative estimate of drug-likeness (QED) is 0.397. The van der Waals surface area contributed by atoms with Crippen molar-refractivity contribution in [3.63, 3.8) is 0 Å². The Morgan fingerprint density at radius 1 is 1.27 bits per heavy atom. The number of nitrogens with zero attached hydrogens (tertiary/aromatic N) is 1. The number of ether oxygens (including phenoxy) is 1. The lowest BCUT2D eigenvalue weighted by Crippen LogP contribution is -2.43. The second-order valence-electron chi connectivity index (χ2n) is 5.73. The number of Topliss-reactive ketones (excluding diaryl/α,β-unsaturated/α-hetero) is 1. The minimum atomic E-state index is -0.571. The van der Waals surface area contributed by atoms with E-state index in [4.69, 9.17) is 10.5 Å². The normalized spacial score (nSPS) is 13.0. The summed E-state index contributed by atoms with van der Waals surface area (Å²) >= 11 is 1.67. The number of halogens is 1. The number of thioether (sulfide) groups is 1. The smallest absolute Gasteiger partial charge is 0.408 e. The van der Waals surface area contributed by atoms with Crippen LogP contribution in [-0.2, 0) is 9.53 Å². The minimum Gasteiger partial charge on any atom is -0.444 e. The van der Waals surface area contributed by atoms with Crippen molar-refractivity contribution in [3.8, 4) is 0 Å². The van der Waals surface area contributed by atoms with E-state index in [1.807, 2.05) is 0 Å². The molecule has 0 unspecified atom stereocenters. The lowest BCUT2D eigenvalue weighted by molar-refractivity contribution is -0.119. The summed E-state index contributed by atoms with van der Waals surface area (Å²) in [6.07, 6.45) is 0.0148. The molecule has 0 fully saturated rings. The number of rotatable bonds is 8. The molecule has 0 saturated carbocycles. The number of ketones is 1. The third-order valence-electron chi connectivity index (χ3n) is 2.33. The molecule has 22 heavy (non-hydrogen) atoms. The molecule has 8 heteroatoms. The van der Waals surface area contributed by atoms with E-state index in [0.717, 1.165) is 11.5 Å². The van der Waals surface area contributed by atoms with Crippen LogP contribution < -0.4 is 11.1 Å². The molecule has 0 aromatic carbocycles. The van der Waals surface area contributed by atoms with E-state index in [9.17, 15) is 9.59 Å². The Balaban J connectivity index is 0. The van der Waals surface area contributed by atoms with Gasteiger partial charge in [0.1, 0.15) is 5.60 Å². The fourth-order valence-corrected chi connectivity index (χ4v) is 2.24. The monoisotopic (exact) mass is 353 g/mol. The highest BCUT2D eigenvalue weighted by Crippen LogP contribution is 2.09. The Bertz CT molecular complexity index is 380. The molecule has 0 spiro atoms. The second kappa shape index (κ2) is 11.6. The molecule has 0 aliphatic carbocycles. The van der Waals surface area contributed by atoms with Crippen LogP contribution in [0.4, 0.5) is 4.79 Å². The van der Waals surface area contributed by atoms with Crippen molar-refractivity contribution in [1.82, 2.24) is 5.32 Å². The first-order valence-corrected chi connectivity index (χ1v) is 8.11. The van der Waals surface area contributed by atoms with E-state index in [-0.39, 0.29) is 18.2 Å². The average Bonchev–Trinajstić information content (AvgIpc) is 2.28. The standard InChI is InChI=1S/C14H27N3O3S.ClH/c1-10(18)12(17-13(19)20-14(3,4)5)6-8-21-9-7-16-11(2)15;/h12H,6-9H2,1-5H3,(H2,15,16)(H,17,19);1H/t12-;/m0./s1. The molecule has 0 heterocycles. The van der Waals surface area contributed by atoms with Crippen molar-refractivity contribution in [1.29, 1.82) is 0 Å². The predicted molar refractivity (Wildman–Crippen MR) is 95.2 cm³/mol. The van der Waals surface area contributed by atoms with E-state index in [1.54, 1.807) is 39.5 Å². The van der Waals surface area contributed by atoms with Gasteiger partial charge in [-0.25, -0.2) is 4.79 Å². The molecule has 0 radical (unpaired) electrons. The maximum atomic E-state index is 11.7. The molecule has 0 bridgehead atoms. The maximum Gasteiger partial charge on any atom is 0.408 e. The van der Waals surface area contributed by atoms with Crippen molar-refractivity contribution in [3.05, 3.63) is 0 Å². The summed E-state index contributed by atoms with van der Waals surface area (Å²) in [7, 11) is 0. The molecule has 3 N–H and O–H groups in total. The zero-order chi connectivity index (χ0) is 16.5. The summed E-state index contributed by atoms with van der Waals surface area (Å²) in [5.41, 5.74) is 4.86. The van der Waals surface area contributed by atoms with Crippen LogP contribution in [0, 0.1) is 0 Å². The molecule has 0 saturated heterocycles. The Morgan fingerprint density at radius 2 is 1.86 bits per heavy atom. The molecule has 130 valence electrons. The molecular formula is C14H28ClN3O3S. The third-order valence-corrected chi connectivity index (χ3v) is 3.33. The largest absolute Gasteiger partial charge is 0.444 e. The molecule has 0 aliphatic rings. The van der Waals surface area contributed by atoms with Crippen LogP contribution in [0.1, 0.15) is 41.0 Å². The van der Waals surface area contributed by atoms with Gasteiger partial charge in [-0.15, -0.1) is 12.4 Å². The Hall–Kier alpha value is -0.950. The maximum absolute atomic E-state index is 11.7. The highest BCUT2D eigenvalue weighted by molar-refractivity contribution is 7.99. The summed E-state index contributed by atoms with van der Waals surface area (Å²) in [5.74, 6) is 2.10. The topological polar surface area (TPSA) is 93.8 Å². The van der Waals surface area contributed by atoms with Crippen molar-refractivity contribution in [2.24, 2.45) is 10.7 Å². The first-order chi connectivity index (χ1) is 9.61. The van der Waals surface area contributed by atoms with Gasteiger partial charge in [0.2, 0.25) is 0 Å². The summed E-state index contributed by atoms with van der Waals surface area (Å²) in [5, 5.41) is 2.61. The van der Waals surface area contributed by atoms with Gasteiger partial charge in [-0.05, 0) is 46.8 Å². The van der Waals surface area contributed by atoms with E-state index >= 15 is 0 Å². The van der Waals surface area contributed by atoms with Crippen LogP contribution >= 0.6 is 24.2 Å². The minimum absolute atomic E-state index is 0. The zero-order valence-corrected chi connectivity index (χ0v) is 15.6. The van der Waals surface area contributed by atoms with E-state index < -0.39 is 17.7 Å². The number of hydrogen-bond acceptors (Lipinski definition) is 5. The van der Waals surface area contributed by atoms with Gasteiger partial charge in [0.25, 0.3) is 0 Å². The van der Waals surface area contributed by atoms with Gasteiger partial charge in [0.15, 0.2) is 5.78 Å². The van der Waals surface area contributed by atoms with Crippen molar-refractivity contribution in [2.45, 2.75) is 52.7 Å². The van der Waals surface area contributed by atoms with Crippen molar-refractivity contribution >= 4 is 41.9 Å². The Labute approximate surface area is 143 Å². The molecule has 1 amide bonds. The molecule has 1 atom stereocenters. The summed E-state index contributed by atoms with van der Waals surface area (Å²) in [6.45, 7) is 9.23. The van der Waals surface area contributed by atoms with Crippen LogP contribution in [0.15, 0.2) is 4.99 Å². The number of hydrogen-bond donors (Lipinski definition) is 2. The van der Waals surface area contributed by atoms with Crippen LogP contribution in [0.25, 0.3) is 0 Å². The van der Waals surface area contributed by atoms with Crippen molar-refractivity contribution < 1.29 is 14.3 Å². The van der Waals surface area contributed by atoms with Crippen LogP contribution in [0.5, 0.6) is 0 Å². The fourth-order valence-electron chi connectivity index (χ4n) is 1.42. The van der Waals surface area contributed by atoms with Gasteiger partial charge < -0.3 is 15.8 Å². The van der Waals surface area contributed by atoms with Crippen LogP contribution in [-0.4, -0.2) is 47.4 Å². The molecular weight excluding hydrogens is 326 g/mol. The van der Waals surface area contributed by atoms with Gasteiger partial charge in [-0.2, -0.15) is 11.8 Å². The van der Waals surface area contributed by atoms with E-state index in [2.05, 4.69) is 10.3 Å². The van der Waals surface area contributed by atoms with Gasteiger partial charge in [0, 0.05) is 12.3 Å². The number of amides is 1. The van der Waals surface area contributed by atoms with E-state index in [0.29, 0.717) is 18.8 Å². The molecule has 6 nitrogen and oxygen atoms in total. The van der Waals surface area contributed by atoms with Crippen LogP contribution in [0.2, 0.25) is 0 Å². The van der Waals surface area contributed by atoms with Gasteiger partial charge >= 0.3 is 6.09 Å². The average molecular weight is 354 g/mol. The van der Waals surface area contributed by atoms with E-state index in [1.165, 1.54) is 6.92 Å². The highest BCUT2D eigenvalue weighted by atomic mass is 35.5. The fraction of sp³-hybridized carbons (Fsp3) is 0.786. The molecule has 0 aliphatic heterocycles. The second-order valence-corrected chi connectivity index (χ2v) is 6.96. The number of carbonyl (C=O) groups is 2. The van der Waals surface area contributed by atoms with Gasteiger partial charge in [-0.3, -0.25) is 9.79 Å².